The Balaban J connectivity index is 1.89. The zero-order chi connectivity index (χ0) is 18.2. The molecule has 2 aromatic carbocycles. The van der Waals surface area contributed by atoms with E-state index in [9.17, 15) is 4.79 Å². The molecule has 4 nitrogen and oxygen atoms in total. The van der Waals surface area contributed by atoms with Crippen LogP contribution in [0, 0.1) is 0 Å². The van der Waals surface area contributed by atoms with Crippen molar-refractivity contribution in [3.8, 4) is 11.3 Å². The molecule has 26 heavy (non-hydrogen) atoms. The molecule has 1 amide bonds. The van der Waals surface area contributed by atoms with E-state index >= 15 is 0 Å². The van der Waals surface area contributed by atoms with Crippen LogP contribution in [0.15, 0.2) is 85.6 Å². The summed E-state index contributed by atoms with van der Waals surface area (Å²) in [4.78, 5) is 11.8. The summed E-state index contributed by atoms with van der Waals surface area (Å²) >= 11 is 0. The van der Waals surface area contributed by atoms with Gasteiger partial charge in [0.25, 0.3) is 0 Å². The van der Waals surface area contributed by atoms with E-state index in [1.165, 1.54) is 11.6 Å². The van der Waals surface area contributed by atoms with Gasteiger partial charge in [0.1, 0.15) is 0 Å². The maximum Gasteiger partial charge on any atom is 0.244 e. The van der Waals surface area contributed by atoms with Gasteiger partial charge in [0, 0.05) is 29.9 Å². The lowest BCUT2D eigenvalue weighted by Gasteiger charge is -2.01. The highest BCUT2D eigenvalue weighted by atomic mass is 16.1. The molecule has 0 unspecified atom stereocenters. The smallest absolute Gasteiger partial charge is 0.244 e. The number of hydrogen-bond donors (Lipinski definition) is 1. The molecular formula is C22H21N3O. The number of amides is 1. The molecule has 130 valence electrons. The molecule has 0 radical (unpaired) electrons. The van der Waals surface area contributed by atoms with Crippen LogP contribution in [0.25, 0.3) is 17.3 Å². The maximum atomic E-state index is 11.8. The van der Waals surface area contributed by atoms with E-state index in [0.717, 1.165) is 16.8 Å². The summed E-state index contributed by atoms with van der Waals surface area (Å²) in [7, 11) is 0. The van der Waals surface area contributed by atoms with Crippen LogP contribution in [0.5, 0.6) is 0 Å². The lowest BCUT2D eigenvalue weighted by molar-refractivity contribution is -0.116. The molecule has 1 heterocycles. The van der Waals surface area contributed by atoms with E-state index < -0.39 is 0 Å². The molecule has 0 saturated heterocycles. The second-order valence-corrected chi connectivity index (χ2v) is 5.85. The third kappa shape index (κ3) is 4.57. The molecule has 0 fully saturated rings. The van der Waals surface area contributed by atoms with E-state index in [4.69, 9.17) is 5.10 Å². The Labute approximate surface area is 153 Å². The number of benzene rings is 2. The quantitative estimate of drug-likeness (QED) is 0.522. The Hall–Kier alpha value is -3.40. The van der Waals surface area contributed by atoms with Crippen molar-refractivity contribution < 1.29 is 4.79 Å². The third-order valence-electron chi connectivity index (χ3n) is 3.86. The molecular weight excluding hydrogens is 322 g/mol. The van der Waals surface area contributed by atoms with Crippen molar-refractivity contribution in [2.45, 2.75) is 6.54 Å². The van der Waals surface area contributed by atoms with E-state index in [1.807, 2.05) is 59.4 Å². The Morgan fingerprint density at radius 3 is 2.46 bits per heavy atom. The van der Waals surface area contributed by atoms with Crippen molar-refractivity contribution in [1.82, 2.24) is 15.1 Å². The predicted molar refractivity (Wildman–Crippen MR) is 105 cm³/mol. The van der Waals surface area contributed by atoms with Gasteiger partial charge in [-0.1, -0.05) is 66.7 Å². The maximum absolute atomic E-state index is 11.8. The van der Waals surface area contributed by atoms with Crippen LogP contribution in [0.1, 0.15) is 11.1 Å². The first-order chi connectivity index (χ1) is 12.8. The highest BCUT2D eigenvalue weighted by molar-refractivity contribution is 5.92. The zero-order valence-corrected chi connectivity index (χ0v) is 14.5. The van der Waals surface area contributed by atoms with Crippen molar-refractivity contribution in [3.63, 3.8) is 0 Å². The van der Waals surface area contributed by atoms with Gasteiger partial charge >= 0.3 is 0 Å². The minimum Gasteiger partial charge on any atom is -0.349 e. The molecule has 0 aliphatic carbocycles. The standard InChI is InChI=1S/C22H21N3O/c1-2-15-23-21(26)14-13-20-17-25(16-18-9-5-3-6-10-18)24-22(20)19-11-7-4-8-12-19/h2-14,17H,1,15-16H2,(H,23,26)/b14-13+. The Morgan fingerprint density at radius 2 is 1.77 bits per heavy atom. The second-order valence-electron chi connectivity index (χ2n) is 5.85. The molecule has 3 aromatic rings. The summed E-state index contributed by atoms with van der Waals surface area (Å²) in [5.74, 6) is -0.153. The Morgan fingerprint density at radius 1 is 1.08 bits per heavy atom. The number of carbonyl (C=O) groups excluding carboxylic acids is 1. The first kappa shape index (κ1) is 17.4. The van der Waals surface area contributed by atoms with Crippen molar-refractivity contribution in [3.05, 3.63) is 96.7 Å². The SMILES string of the molecule is C=CCNC(=O)/C=C/c1cn(Cc2ccccc2)nc1-c1ccccc1. The average molecular weight is 343 g/mol. The van der Waals surface area contributed by atoms with Gasteiger partial charge in [-0.25, -0.2) is 0 Å². The summed E-state index contributed by atoms with van der Waals surface area (Å²) in [6, 6.07) is 20.1. The predicted octanol–water partition coefficient (Wildman–Crippen LogP) is 3.91. The molecule has 0 atom stereocenters. The third-order valence-corrected chi connectivity index (χ3v) is 3.86. The van der Waals surface area contributed by atoms with Gasteiger partial charge in [0.2, 0.25) is 5.91 Å². The van der Waals surface area contributed by atoms with Gasteiger partial charge in [0.05, 0.1) is 12.2 Å². The highest BCUT2D eigenvalue weighted by Gasteiger charge is 2.10. The first-order valence-electron chi connectivity index (χ1n) is 8.50. The number of carbonyl (C=O) groups is 1. The average Bonchev–Trinajstić information content (AvgIpc) is 3.09. The fourth-order valence-corrected chi connectivity index (χ4v) is 2.63. The molecule has 1 N–H and O–H groups in total. The van der Waals surface area contributed by atoms with Gasteiger partial charge in [-0.2, -0.15) is 5.10 Å². The minimum absolute atomic E-state index is 0.153. The lowest BCUT2D eigenvalue weighted by atomic mass is 10.1. The Bertz CT molecular complexity index is 896. The number of nitrogens with zero attached hydrogens (tertiary/aromatic N) is 2. The molecule has 0 aliphatic heterocycles. The van der Waals surface area contributed by atoms with Crippen LogP contribution in [0.4, 0.5) is 0 Å². The van der Waals surface area contributed by atoms with Crippen molar-refractivity contribution in [1.29, 1.82) is 0 Å². The van der Waals surface area contributed by atoms with E-state index in [-0.39, 0.29) is 5.91 Å². The monoisotopic (exact) mass is 343 g/mol. The molecule has 0 aliphatic rings. The molecule has 0 spiro atoms. The van der Waals surface area contributed by atoms with Gasteiger partial charge in [-0.05, 0) is 11.6 Å². The van der Waals surface area contributed by atoms with E-state index in [0.29, 0.717) is 13.1 Å². The van der Waals surface area contributed by atoms with Crippen LogP contribution < -0.4 is 5.32 Å². The normalized spacial score (nSPS) is 10.8. The van der Waals surface area contributed by atoms with Crippen LogP contribution >= 0.6 is 0 Å². The van der Waals surface area contributed by atoms with Crippen molar-refractivity contribution in [2.24, 2.45) is 0 Å². The van der Waals surface area contributed by atoms with Gasteiger partial charge in [-0.3, -0.25) is 9.48 Å². The largest absolute Gasteiger partial charge is 0.349 e. The Kier molecular flexibility index (Phi) is 5.78. The number of nitrogens with one attached hydrogen (secondary N) is 1. The highest BCUT2D eigenvalue weighted by Crippen LogP contribution is 2.23. The van der Waals surface area contributed by atoms with Crippen molar-refractivity contribution in [2.75, 3.05) is 6.54 Å². The fraction of sp³-hybridized carbons (Fsp3) is 0.0909. The minimum atomic E-state index is -0.153. The van der Waals surface area contributed by atoms with Crippen LogP contribution in [-0.4, -0.2) is 22.2 Å². The molecule has 1 aromatic heterocycles. The molecule has 0 bridgehead atoms. The number of aromatic nitrogens is 2. The van der Waals surface area contributed by atoms with Crippen molar-refractivity contribution >= 4 is 12.0 Å². The van der Waals surface area contributed by atoms with Crippen LogP contribution in [-0.2, 0) is 11.3 Å². The lowest BCUT2D eigenvalue weighted by Crippen LogP contribution is -2.20. The van der Waals surface area contributed by atoms with E-state index in [1.54, 1.807) is 12.2 Å². The summed E-state index contributed by atoms with van der Waals surface area (Å²) in [5.41, 5.74) is 3.95. The molecule has 4 heteroatoms. The summed E-state index contributed by atoms with van der Waals surface area (Å²) in [6.07, 6.45) is 6.95. The molecule has 0 saturated carbocycles. The van der Waals surface area contributed by atoms with E-state index in [2.05, 4.69) is 24.0 Å². The van der Waals surface area contributed by atoms with Crippen LogP contribution in [0.3, 0.4) is 0 Å². The fourth-order valence-electron chi connectivity index (χ4n) is 2.63. The second kappa shape index (κ2) is 8.62. The van der Waals surface area contributed by atoms with Gasteiger partial charge in [0.15, 0.2) is 0 Å². The zero-order valence-electron chi connectivity index (χ0n) is 14.5. The molecule has 3 rings (SSSR count). The number of hydrogen-bond acceptors (Lipinski definition) is 2. The topological polar surface area (TPSA) is 46.9 Å². The summed E-state index contributed by atoms with van der Waals surface area (Å²) in [5, 5.41) is 7.47. The van der Waals surface area contributed by atoms with Gasteiger partial charge < -0.3 is 5.32 Å². The summed E-state index contributed by atoms with van der Waals surface area (Å²) in [6.45, 7) is 4.72. The van der Waals surface area contributed by atoms with Gasteiger partial charge in [-0.15, -0.1) is 6.58 Å². The first-order valence-corrected chi connectivity index (χ1v) is 8.50. The van der Waals surface area contributed by atoms with Crippen LogP contribution in [0.2, 0.25) is 0 Å². The summed E-state index contributed by atoms with van der Waals surface area (Å²) < 4.78 is 1.90. The number of rotatable bonds is 7.